The Bertz CT molecular complexity index is 443. The number of ether oxygens (including phenoxy) is 1. The number of methoxy groups -OCH3 is 1. The molecule has 0 saturated carbocycles. The number of nitrogens with two attached hydrogens (primary N) is 1. The van der Waals surface area contributed by atoms with Gasteiger partial charge in [-0.25, -0.2) is 0 Å². The fourth-order valence-corrected chi connectivity index (χ4v) is 3.28. The SMILES string of the molecule is COc1cc(N2CCC(N3CCCC3)C2)ccc1N. The molecule has 1 aromatic carbocycles. The third-order valence-electron chi connectivity index (χ3n) is 4.40. The fraction of sp³-hybridized carbons (Fsp3) is 0.600. The van der Waals surface area contributed by atoms with E-state index >= 15 is 0 Å². The monoisotopic (exact) mass is 261 g/mol. The Balaban J connectivity index is 1.70. The molecule has 1 aromatic rings. The Kier molecular flexibility index (Phi) is 3.51. The lowest BCUT2D eigenvalue weighted by atomic mass is 10.2. The van der Waals surface area contributed by atoms with E-state index in [4.69, 9.17) is 10.5 Å². The number of benzene rings is 1. The van der Waals surface area contributed by atoms with Gasteiger partial charge < -0.3 is 15.4 Å². The number of likely N-dealkylation sites (tertiary alicyclic amines) is 1. The largest absolute Gasteiger partial charge is 0.495 e. The second-order valence-corrected chi connectivity index (χ2v) is 5.56. The van der Waals surface area contributed by atoms with Crippen LogP contribution in [0.4, 0.5) is 11.4 Å². The van der Waals surface area contributed by atoms with E-state index in [2.05, 4.69) is 21.9 Å². The van der Waals surface area contributed by atoms with E-state index in [1.165, 1.54) is 38.0 Å². The Labute approximate surface area is 115 Å². The lowest BCUT2D eigenvalue weighted by Crippen LogP contribution is -2.35. The lowest BCUT2D eigenvalue weighted by molar-refractivity contribution is 0.260. The highest BCUT2D eigenvalue weighted by Gasteiger charge is 2.29. The van der Waals surface area contributed by atoms with Crippen LogP contribution < -0.4 is 15.4 Å². The van der Waals surface area contributed by atoms with Crippen molar-refractivity contribution in [3.8, 4) is 5.75 Å². The van der Waals surface area contributed by atoms with E-state index in [-0.39, 0.29) is 0 Å². The first-order chi connectivity index (χ1) is 9.28. The van der Waals surface area contributed by atoms with Gasteiger partial charge in [-0.05, 0) is 44.5 Å². The molecule has 2 saturated heterocycles. The van der Waals surface area contributed by atoms with Crippen molar-refractivity contribution in [2.45, 2.75) is 25.3 Å². The summed E-state index contributed by atoms with van der Waals surface area (Å²) in [7, 11) is 1.67. The maximum Gasteiger partial charge on any atom is 0.143 e. The summed E-state index contributed by atoms with van der Waals surface area (Å²) in [5, 5.41) is 0. The molecule has 2 heterocycles. The summed E-state index contributed by atoms with van der Waals surface area (Å²) < 4.78 is 5.31. The number of anilines is 2. The lowest BCUT2D eigenvalue weighted by Gasteiger charge is -2.24. The molecule has 0 amide bonds. The molecule has 2 aliphatic rings. The van der Waals surface area contributed by atoms with Crippen LogP contribution in [0.2, 0.25) is 0 Å². The number of hydrogen-bond acceptors (Lipinski definition) is 4. The molecule has 2 N–H and O–H groups in total. The van der Waals surface area contributed by atoms with E-state index < -0.39 is 0 Å². The van der Waals surface area contributed by atoms with E-state index in [1.807, 2.05) is 6.07 Å². The van der Waals surface area contributed by atoms with E-state index in [0.29, 0.717) is 5.69 Å². The van der Waals surface area contributed by atoms with Gasteiger partial charge in [0.2, 0.25) is 0 Å². The van der Waals surface area contributed by atoms with Crippen LogP contribution in [0, 0.1) is 0 Å². The molecule has 0 aromatic heterocycles. The Morgan fingerprint density at radius 2 is 2.00 bits per heavy atom. The Morgan fingerprint density at radius 1 is 1.21 bits per heavy atom. The van der Waals surface area contributed by atoms with Crippen LogP contribution in [0.15, 0.2) is 18.2 Å². The average molecular weight is 261 g/mol. The summed E-state index contributed by atoms with van der Waals surface area (Å²) >= 11 is 0. The van der Waals surface area contributed by atoms with E-state index in [1.54, 1.807) is 7.11 Å². The normalized spacial score (nSPS) is 24.1. The molecule has 19 heavy (non-hydrogen) atoms. The van der Waals surface area contributed by atoms with Gasteiger partial charge in [-0.15, -0.1) is 0 Å². The van der Waals surface area contributed by atoms with Gasteiger partial charge in [0.05, 0.1) is 12.8 Å². The van der Waals surface area contributed by atoms with Gasteiger partial charge >= 0.3 is 0 Å². The summed E-state index contributed by atoms with van der Waals surface area (Å²) in [5.41, 5.74) is 7.81. The molecule has 0 spiro atoms. The number of nitrogens with zero attached hydrogens (tertiary/aromatic N) is 2. The van der Waals surface area contributed by atoms with Crippen molar-refractivity contribution in [2.75, 3.05) is 43.9 Å². The first kappa shape index (κ1) is 12.6. The van der Waals surface area contributed by atoms with Crippen LogP contribution in [0.1, 0.15) is 19.3 Å². The number of rotatable bonds is 3. The molecular weight excluding hydrogens is 238 g/mol. The van der Waals surface area contributed by atoms with E-state index in [9.17, 15) is 0 Å². The third-order valence-corrected chi connectivity index (χ3v) is 4.40. The summed E-state index contributed by atoms with van der Waals surface area (Å²) in [6.07, 6.45) is 4.01. The van der Waals surface area contributed by atoms with Crippen LogP contribution in [0.3, 0.4) is 0 Å². The van der Waals surface area contributed by atoms with Crippen molar-refractivity contribution >= 4 is 11.4 Å². The van der Waals surface area contributed by atoms with Crippen molar-refractivity contribution in [1.82, 2.24) is 4.90 Å². The highest BCUT2D eigenvalue weighted by atomic mass is 16.5. The predicted molar refractivity (Wildman–Crippen MR) is 78.8 cm³/mol. The zero-order valence-electron chi connectivity index (χ0n) is 11.6. The fourth-order valence-electron chi connectivity index (χ4n) is 3.28. The summed E-state index contributed by atoms with van der Waals surface area (Å²) in [6, 6.07) is 6.83. The molecule has 104 valence electrons. The molecule has 3 rings (SSSR count). The van der Waals surface area contributed by atoms with Gasteiger partial charge in [0.25, 0.3) is 0 Å². The van der Waals surface area contributed by atoms with Crippen molar-refractivity contribution in [2.24, 2.45) is 0 Å². The molecule has 4 heteroatoms. The standard InChI is InChI=1S/C15H23N3O/c1-19-15-10-12(4-5-14(15)16)18-9-6-13(11-18)17-7-2-3-8-17/h4-5,10,13H,2-3,6-9,11,16H2,1H3. The second kappa shape index (κ2) is 5.29. The van der Waals surface area contributed by atoms with Crippen molar-refractivity contribution in [1.29, 1.82) is 0 Å². The highest BCUT2D eigenvalue weighted by Crippen LogP contribution is 2.30. The van der Waals surface area contributed by atoms with Crippen LogP contribution in [-0.4, -0.2) is 44.2 Å². The molecule has 1 atom stereocenters. The van der Waals surface area contributed by atoms with Crippen molar-refractivity contribution in [3.63, 3.8) is 0 Å². The molecular formula is C15H23N3O. The molecule has 2 fully saturated rings. The summed E-state index contributed by atoms with van der Waals surface area (Å²) in [5.74, 6) is 0.780. The zero-order valence-corrected chi connectivity index (χ0v) is 11.6. The molecule has 0 aliphatic carbocycles. The molecule has 4 nitrogen and oxygen atoms in total. The second-order valence-electron chi connectivity index (χ2n) is 5.56. The summed E-state index contributed by atoms with van der Waals surface area (Å²) in [4.78, 5) is 5.10. The Morgan fingerprint density at radius 3 is 2.74 bits per heavy atom. The van der Waals surface area contributed by atoms with Crippen LogP contribution in [0.25, 0.3) is 0 Å². The van der Waals surface area contributed by atoms with Crippen molar-refractivity contribution < 1.29 is 4.74 Å². The quantitative estimate of drug-likeness (QED) is 0.845. The summed E-state index contributed by atoms with van der Waals surface area (Å²) in [6.45, 7) is 4.83. The molecule has 0 bridgehead atoms. The number of nitrogen functional groups attached to an aromatic ring is 1. The minimum Gasteiger partial charge on any atom is -0.495 e. The average Bonchev–Trinajstić information content (AvgIpc) is 3.10. The van der Waals surface area contributed by atoms with Crippen LogP contribution in [-0.2, 0) is 0 Å². The van der Waals surface area contributed by atoms with Gasteiger partial charge in [-0.1, -0.05) is 0 Å². The molecule has 2 aliphatic heterocycles. The first-order valence-corrected chi connectivity index (χ1v) is 7.20. The first-order valence-electron chi connectivity index (χ1n) is 7.20. The number of hydrogen-bond donors (Lipinski definition) is 1. The van der Waals surface area contributed by atoms with E-state index in [0.717, 1.165) is 24.9 Å². The maximum absolute atomic E-state index is 5.87. The minimum atomic E-state index is 0.710. The van der Waals surface area contributed by atoms with Gasteiger partial charge in [-0.3, -0.25) is 4.90 Å². The molecule has 0 radical (unpaired) electrons. The maximum atomic E-state index is 5.87. The van der Waals surface area contributed by atoms with Gasteiger partial charge in [0.15, 0.2) is 0 Å². The predicted octanol–water partition coefficient (Wildman–Crippen LogP) is 1.95. The topological polar surface area (TPSA) is 41.7 Å². The third kappa shape index (κ3) is 2.50. The smallest absolute Gasteiger partial charge is 0.143 e. The van der Waals surface area contributed by atoms with Crippen LogP contribution >= 0.6 is 0 Å². The van der Waals surface area contributed by atoms with Gasteiger partial charge in [0, 0.05) is 30.9 Å². The van der Waals surface area contributed by atoms with Crippen LogP contribution in [0.5, 0.6) is 5.75 Å². The van der Waals surface area contributed by atoms with Gasteiger partial charge in [-0.2, -0.15) is 0 Å². The Hall–Kier alpha value is -1.42. The highest BCUT2D eigenvalue weighted by molar-refractivity contribution is 5.62. The van der Waals surface area contributed by atoms with Crippen molar-refractivity contribution in [3.05, 3.63) is 18.2 Å². The minimum absolute atomic E-state index is 0.710. The van der Waals surface area contributed by atoms with Gasteiger partial charge in [0.1, 0.15) is 5.75 Å². The molecule has 1 unspecified atom stereocenters. The zero-order chi connectivity index (χ0) is 13.2.